The van der Waals surface area contributed by atoms with Gasteiger partial charge in [-0.2, -0.15) is 18.3 Å². The Balaban J connectivity index is 1.78. The number of esters is 1. The summed E-state index contributed by atoms with van der Waals surface area (Å²) in [5.41, 5.74) is -0.575. The smallest absolute Gasteiger partial charge is 0.435 e. The second-order valence-electron chi connectivity index (χ2n) is 6.60. The molecule has 1 heterocycles. The second kappa shape index (κ2) is 9.90. The number of nitrogens with zero attached hydrogens (tertiary/aromatic N) is 2. The summed E-state index contributed by atoms with van der Waals surface area (Å²) in [5.74, 6) is -1.61. The van der Waals surface area contributed by atoms with E-state index in [4.69, 9.17) is 21.1 Å². The number of aromatic nitrogens is 2. The number of para-hydroxylation sites is 1. The van der Waals surface area contributed by atoms with Gasteiger partial charge in [0, 0.05) is 6.07 Å². The molecule has 0 spiro atoms. The average molecular weight is 470 g/mol. The van der Waals surface area contributed by atoms with Crippen LogP contribution in [-0.4, -0.2) is 40.2 Å². The number of carbonyl (C=O) groups excluding carboxylic acids is 2. The maximum absolute atomic E-state index is 13.2. The number of halogens is 4. The molecule has 1 N–H and O–H groups in total. The topological polar surface area (TPSA) is 82.4 Å². The molecule has 0 fully saturated rings. The van der Waals surface area contributed by atoms with Crippen molar-refractivity contribution >= 4 is 34.9 Å². The maximum Gasteiger partial charge on any atom is 0.435 e. The molecular formula is C21H19ClF3N3O4. The van der Waals surface area contributed by atoms with Crippen molar-refractivity contribution in [3.05, 3.63) is 59.8 Å². The molecule has 0 radical (unpaired) electrons. The summed E-state index contributed by atoms with van der Waals surface area (Å²) in [7, 11) is 0. The molecular weight excluding hydrogens is 451 g/mol. The Morgan fingerprint density at radius 2 is 2.06 bits per heavy atom. The fourth-order valence-corrected chi connectivity index (χ4v) is 3.16. The molecule has 1 aromatic heterocycles. The number of hydrogen-bond acceptors (Lipinski definition) is 5. The number of alkyl halides is 4. The predicted octanol–water partition coefficient (Wildman–Crippen LogP) is 4.50. The first kappa shape index (κ1) is 23.4. The van der Waals surface area contributed by atoms with Gasteiger partial charge in [0.25, 0.3) is 5.91 Å². The summed E-state index contributed by atoms with van der Waals surface area (Å²) in [4.78, 5) is 24.4. The van der Waals surface area contributed by atoms with E-state index >= 15 is 0 Å². The summed E-state index contributed by atoms with van der Waals surface area (Å²) in [6, 6.07) is 6.87. The van der Waals surface area contributed by atoms with Gasteiger partial charge in [0.05, 0.1) is 28.9 Å². The van der Waals surface area contributed by atoms with Crippen LogP contribution in [0, 0.1) is 0 Å². The van der Waals surface area contributed by atoms with E-state index in [0.717, 1.165) is 4.68 Å². The second-order valence-corrected chi connectivity index (χ2v) is 7.13. The molecule has 1 aliphatic rings. The summed E-state index contributed by atoms with van der Waals surface area (Å²) in [5, 5.41) is 5.44. The lowest BCUT2D eigenvalue weighted by Gasteiger charge is -2.17. The van der Waals surface area contributed by atoms with E-state index in [2.05, 4.69) is 10.4 Å². The summed E-state index contributed by atoms with van der Waals surface area (Å²) < 4.78 is 50.8. The maximum atomic E-state index is 13.2. The van der Waals surface area contributed by atoms with Crippen LogP contribution in [0.4, 0.5) is 18.9 Å². The fourth-order valence-electron chi connectivity index (χ4n) is 2.89. The lowest BCUT2D eigenvalue weighted by Crippen LogP contribution is -2.23. The Hall–Kier alpha value is -3.27. The first-order valence-electron chi connectivity index (χ1n) is 9.58. The zero-order chi connectivity index (χ0) is 23.3. The van der Waals surface area contributed by atoms with E-state index < -0.39 is 35.7 Å². The van der Waals surface area contributed by atoms with Gasteiger partial charge in [0.1, 0.15) is 0 Å². The third-order valence-corrected chi connectivity index (χ3v) is 4.73. The number of nitrogens with one attached hydrogen (secondary N) is 1. The highest BCUT2D eigenvalue weighted by Gasteiger charge is 2.36. The number of benzene rings is 1. The zero-order valence-electron chi connectivity index (χ0n) is 16.9. The van der Waals surface area contributed by atoms with Crippen LogP contribution in [0.5, 0.6) is 5.88 Å². The molecule has 0 saturated carbocycles. The van der Waals surface area contributed by atoms with Crippen molar-refractivity contribution in [3.8, 4) is 5.88 Å². The fraction of sp³-hybridized carbons (Fsp3) is 0.286. The van der Waals surface area contributed by atoms with Crippen molar-refractivity contribution in [2.75, 3.05) is 18.5 Å². The van der Waals surface area contributed by atoms with Crippen LogP contribution in [0.25, 0.3) is 5.70 Å². The third kappa shape index (κ3) is 5.50. The lowest BCUT2D eigenvalue weighted by atomic mass is 10.1. The van der Waals surface area contributed by atoms with Crippen molar-refractivity contribution in [2.45, 2.75) is 24.9 Å². The molecule has 1 unspecified atom stereocenters. The van der Waals surface area contributed by atoms with Gasteiger partial charge < -0.3 is 14.8 Å². The molecule has 1 atom stereocenters. The van der Waals surface area contributed by atoms with Gasteiger partial charge in [-0.05, 0) is 31.6 Å². The molecule has 1 amide bonds. The van der Waals surface area contributed by atoms with Gasteiger partial charge >= 0.3 is 12.1 Å². The molecule has 0 saturated heterocycles. The number of carbonyl (C=O) groups is 2. The lowest BCUT2D eigenvalue weighted by molar-refractivity contribution is -0.141. The van der Waals surface area contributed by atoms with Crippen LogP contribution < -0.4 is 10.1 Å². The Morgan fingerprint density at radius 1 is 1.31 bits per heavy atom. The summed E-state index contributed by atoms with van der Waals surface area (Å²) in [6.45, 7) is 1.17. The number of anilines is 1. The van der Waals surface area contributed by atoms with Crippen LogP contribution in [0.2, 0.25) is 0 Å². The van der Waals surface area contributed by atoms with Crippen molar-refractivity contribution in [1.82, 2.24) is 9.78 Å². The normalized spacial score (nSPS) is 15.8. The highest BCUT2D eigenvalue weighted by Crippen LogP contribution is 2.34. The van der Waals surface area contributed by atoms with Gasteiger partial charge in [-0.3, -0.25) is 4.79 Å². The Bertz CT molecular complexity index is 1060. The van der Waals surface area contributed by atoms with E-state index in [9.17, 15) is 22.8 Å². The van der Waals surface area contributed by atoms with Gasteiger partial charge in [0.15, 0.2) is 12.3 Å². The number of rotatable bonds is 7. The van der Waals surface area contributed by atoms with Crippen molar-refractivity contribution in [3.63, 3.8) is 0 Å². The van der Waals surface area contributed by atoms with Gasteiger partial charge in [-0.1, -0.05) is 24.3 Å². The molecule has 7 nitrogen and oxygen atoms in total. The first-order valence-corrected chi connectivity index (χ1v) is 10.0. The number of amides is 1. The van der Waals surface area contributed by atoms with E-state index in [1.54, 1.807) is 31.2 Å². The van der Waals surface area contributed by atoms with Crippen molar-refractivity contribution < 1.29 is 32.2 Å². The standard InChI is InChI=1S/C21H19ClF3N3O4/c1-2-31-20(30)13-7-3-5-9-15(13)26-18(29)12-32-19-11-17(21(23,24)25)27-28(19)16-10-6-4-8-14(16)22/h3-7,9-11,14H,2,8,12H2,1H3,(H,26,29). The van der Waals surface area contributed by atoms with Gasteiger partial charge in [-0.15, -0.1) is 11.6 Å². The predicted molar refractivity (Wildman–Crippen MR) is 111 cm³/mol. The van der Waals surface area contributed by atoms with Crippen LogP contribution in [-0.2, 0) is 15.7 Å². The van der Waals surface area contributed by atoms with Crippen LogP contribution in [0.15, 0.2) is 48.6 Å². The molecule has 1 aliphatic carbocycles. The average Bonchev–Trinajstić information content (AvgIpc) is 3.18. The number of allylic oxidation sites excluding steroid dienone is 4. The molecule has 0 bridgehead atoms. The van der Waals surface area contributed by atoms with Gasteiger partial charge in [0.2, 0.25) is 5.88 Å². The SMILES string of the molecule is CCOC(=O)c1ccccc1NC(=O)COc1cc(C(F)(F)F)nn1C1=CC=CCC1Cl. The van der Waals surface area contributed by atoms with E-state index in [0.29, 0.717) is 12.5 Å². The van der Waals surface area contributed by atoms with Crippen LogP contribution in [0.3, 0.4) is 0 Å². The molecule has 11 heteroatoms. The Morgan fingerprint density at radius 3 is 2.75 bits per heavy atom. The number of hydrogen-bond donors (Lipinski definition) is 1. The van der Waals surface area contributed by atoms with Crippen molar-refractivity contribution in [1.29, 1.82) is 0 Å². The minimum atomic E-state index is -4.71. The minimum absolute atomic E-state index is 0.135. The molecule has 0 aliphatic heterocycles. The molecule has 32 heavy (non-hydrogen) atoms. The molecule has 170 valence electrons. The van der Waals surface area contributed by atoms with Crippen LogP contribution in [0.1, 0.15) is 29.4 Å². The zero-order valence-corrected chi connectivity index (χ0v) is 17.6. The Labute approximate surface area is 186 Å². The van der Waals surface area contributed by atoms with E-state index in [-0.39, 0.29) is 29.4 Å². The monoisotopic (exact) mass is 469 g/mol. The summed E-state index contributed by atoms with van der Waals surface area (Å²) in [6.07, 6.45) is 0.628. The van der Waals surface area contributed by atoms with Crippen LogP contribution >= 0.6 is 11.6 Å². The minimum Gasteiger partial charge on any atom is -0.467 e. The molecule has 1 aromatic carbocycles. The largest absolute Gasteiger partial charge is 0.467 e. The number of ether oxygens (including phenoxy) is 2. The quantitative estimate of drug-likeness (QED) is 0.477. The molecule has 3 rings (SSSR count). The Kier molecular flexibility index (Phi) is 7.24. The van der Waals surface area contributed by atoms with E-state index in [1.807, 2.05) is 0 Å². The van der Waals surface area contributed by atoms with Gasteiger partial charge in [-0.25, -0.2) is 9.48 Å². The third-order valence-electron chi connectivity index (χ3n) is 4.33. The first-order chi connectivity index (χ1) is 15.2. The summed E-state index contributed by atoms with van der Waals surface area (Å²) >= 11 is 6.22. The highest BCUT2D eigenvalue weighted by atomic mass is 35.5. The molecule has 2 aromatic rings. The highest BCUT2D eigenvalue weighted by molar-refractivity contribution is 6.25. The van der Waals surface area contributed by atoms with Crippen molar-refractivity contribution in [2.24, 2.45) is 0 Å². The van der Waals surface area contributed by atoms with E-state index in [1.165, 1.54) is 18.2 Å².